The zero-order chi connectivity index (χ0) is 11.7. The number of nitrogens with one attached hydrogen (secondary N) is 1. The fourth-order valence-electron chi connectivity index (χ4n) is 2.33. The van der Waals surface area contributed by atoms with E-state index in [9.17, 15) is 0 Å². The van der Waals surface area contributed by atoms with Gasteiger partial charge in [-0.3, -0.25) is 4.90 Å². The molecule has 90 valence electrons. The third-order valence-corrected chi connectivity index (χ3v) is 3.29. The Hall–Kier alpha value is -1.52. The largest absolute Gasteiger partial charge is 0.399 e. The Morgan fingerprint density at radius 2 is 2.12 bits per heavy atom. The molecule has 1 aromatic heterocycles. The van der Waals surface area contributed by atoms with E-state index < -0.39 is 0 Å². The first-order valence-electron chi connectivity index (χ1n) is 5.98. The van der Waals surface area contributed by atoms with Crippen LogP contribution in [0.1, 0.15) is 5.56 Å². The molecular weight excluding hydrogens is 214 g/mol. The molecule has 0 unspecified atom stereocenters. The number of nitrogens with zero attached hydrogens (tertiary/aromatic N) is 1. The van der Waals surface area contributed by atoms with Crippen molar-refractivity contribution in [1.29, 1.82) is 0 Å². The number of morpholine rings is 1. The van der Waals surface area contributed by atoms with Gasteiger partial charge in [-0.2, -0.15) is 0 Å². The van der Waals surface area contributed by atoms with Crippen molar-refractivity contribution in [2.24, 2.45) is 0 Å². The van der Waals surface area contributed by atoms with Gasteiger partial charge in [0.25, 0.3) is 0 Å². The van der Waals surface area contributed by atoms with Gasteiger partial charge in [0.05, 0.1) is 13.2 Å². The number of fused-ring (bicyclic) bond motifs is 1. The molecule has 17 heavy (non-hydrogen) atoms. The summed E-state index contributed by atoms with van der Waals surface area (Å²) in [6.45, 7) is 4.66. The van der Waals surface area contributed by atoms with Crippen molar-refractivity contribution >= 4 is 16.6 Å². The number of aromatic amines is 1. The Morgan fingerprint density at radius 3 is 2.94 bits per heavy atom. The van der Waals surface area contributed by atoms with E-state index in [0.717, 1.165) is 44.1 Å². The van der Waals surface area contributed by atoms with Crippen LogP contribution in [0, 0.1) is 0 Å². The summed E-state index contributed by atoms with van der Waals surface area (Å²) in [6, 6.07) is 6.01. The number of rotatable bonds is 2. The molecule has 0 saturated carbocycles. The van der Waals surface area contributed by atoms with Gasteiger partial charge in [0.1, 0.15) is 0 Å². The zero-order valence-corrected chi connectivity index (χ0v) is 9.78. The highest BCUT2D eigenvalue weighted by molar-refractivity contribution is 5.86. The molecule has 0 spiro atoms. The molecule has 1 fully saturated rings. The number of nitrogen functional groups attached to an aromatic ring is 1. The maximum absolute atomic E-state index is 5.84. The molecule has 1 aliphatic heterocycles. The van der Waals surface area contributed by atoms with Crippen molar-refractivity contribution in [3.8, 4) is 0 Å². The molecule has 1 aliphatic rings. The summed E-state index contributed by atoms with van der Waals surface area (Å²) in [5.74, 6) is 0. The van der Waals surface area contributed by atoms with Crippen molar-refractivity contribution in [3.63, 3.8) is 0 Å². The van der Waals surface area contributed by atoms with Crippen LogP contribution in [-0.4, -0.2) is 36.2 Å². The van der Waals surface area contributed by atoms with Crippen LogP contribution in [0.25, 0.3) is 10.9 Å². The van der Waals surface area contributed by atoms with Crippen LogP contribution < -0.4 is 5.73 Å². The van der Waals surface area contributed by atoms with Gasteiger partial charge in [-0.25, -0.2) is 0 Å². The van der Waals surface area contributed by atoms with Crippen LogP contribution in [0.15, 0.2) is 24.4 Å². The number of anilines is 1. The molecule has 2 heterocycles. The maximum Gasteiger partial charge on any atom is 0.0594 e. The quantitative estimate of drug-likeness (QED) is 0.772. The molecule has 0 bridgehead atoms. The molecule has 1 saturated heterocycles. The second-order valence-electron chi connectivity index (χ2n) is 4.51. The average molecular weight is 231 g/mol. The molecular formula is C13H17N3O. The number of aromatic nitrogens is 1. The van der Waals surface area contributed by atoms with Crippen molar-refractivity contribution in [1.82, 2.24) is 9.88 Å². The smallest absolute Gasteiger partial charge is 0.0594 e. The van der Waals surface area contributed by atoms with Gasteiger partial charge in [0.15, 0.2) is 0 Å². The standard InChI is InChI=1S/C13H17N3O/c14-11-1-2-13-12(7-11)10(8-15-13)9-16-3-5-17-6-4-16/h1-2,7-8,15H,3-6,9,14H2. The van der Waals surface area contributed by atoms with Gasteiger partial charge >= 0.3 is 0 Å². The van der Waals surface area contributed by atoms with Crippen LogP contribution in [-0.2, 0) is 11.3 Å². The first-order valence-corrected chi connectivity index (χ1v) is 5.98. The highest BCUT2D eigenvalue weighted by Crippen LogP contribution is 2.22. The lowest BCUT2D eigenvalue weighted by Gasteiger charge is -2.26. The predicted octanol–water partition coefficient (Wildman–Crippen LogP) is 1.58. The Bertz CT molecular complexity index is 514. The minimum absolute atomic E-state index is 0.820. The van der Waals surface area contributed by atoms with Crippen LogP contribution in [0.3, 0.4) is 0 Å². The highest BCUT2D eigenvalue weighted by atomic mass is 16.5. The van der Waals surface area contributed by atoms with E-state index in [1.807, 2.05) is 18.2 Å². The fraction of sp³-hybridized carbons (Fsp3) is 0.385. The van der Waals surface area contributed by atoms with Crippen LogP contribution >= 0.6 is 0 Å². The lowest BCUT2D eigenvalue weighted by Crippen LogP contribution is -2.35. The Morgan fingerprint density at radius 1 is 1.29 bits per heavy atom. The molecule has 0 amide bonds. The number of nitrogens with two attached hydrogens (primary N) is 1. The third-order valence-electron chi connectivity index (χ3n) is 3.29. The molecule has 2 aromatic rings. The summed E-state index contributed by atoms with van der Waals surface area (Å²) in [5, 5.41) is 1.23. The van der Waals surface area contributed by atoms with E-state index in [-0.39, 0.29) is 0 Å². The molecule has 0 radical (unpaired) electrons. The Balaban J connectivity index is 1.86. The van der Waals surface area contributed by atoms with E-state index in [4.69, 9.17) is 10.5 Å². The van der Waals surface area contributed by atoms with Crippen LogP contribution in [0.2, 0.25) is 0 Å². The first-order chi connectivity index (χ1) is 8.33. The van der Waals surface area contributed by atoms with Crippen molar-refractivity contribution in [2.75, 3.05) is 32.0 Å². The van der Waals surface area contributed by atoms with Crippen molar-refractivity contribution in [3.05, 3.63) is 30.0 Å². The SMILES string of the molecule is Nc1ccc2[nH]cc(CN3CCOCC3)c2c1. The minimum atomic E-state index is 0.820. The van der Waals surface area contributed by atoms with E-state index >= 15 is 0 Å². The molecule has 4 heteroatoms. The molecule has 3 rings (SSSR count). The number of hydrogen-bond acceptors (Lipinski definition) is 3. The van der Waals surface area contributed by atoms with Crippen molar-refractivity contribution in [2.45, 2.75) is 6.54 Å². The third kappa shape index (κ3) is 2.14. The van der Waals surface area contributed by atoms with Gasteiger partial charge in [0.2, 0.25) is 0 Å². The summed E-state index contributed by atoms with van der Waals surface area (Å²) in [7, 11) is 0. The van der Waals surface area contributed by atoms with Gasteiger partial charge < -0.3 is 15.5 Å². The molecule has 4 nitrogen and oxygen atoms in total. The summed E-state index contributed by atoms with van der Waals surface area (Å²) >= 11 is 0. The maximum atomic E-state index is 5.84. The fourth-order valence-corrected chi connectivity index (χ4v) is 2.33. The molecule has 0 atom stereocenters. The summed E-state index contributed by atoms with van der Waals surface area (Å²) in [5.41, 5.74) is 9.13. The van der Waals surface area contributed by atoms with Gasteiger partial charge in [-0.15, -0.1) is 0 Å². The molecule has 3 N–H and O–H groups in total. The monoisotopic (exact) mass is 231 g/mol. The average Bonchev–Trinajstić information content (AvgIpc) is 2.73. The lowest BCUT2D eigenvalue weighted by atomic mass is 10.1. The van der Waals surface area contributed by atoms with E-state index in [0.29, 0.717) is 0 Å². The number of H-pyrrole nitrogens is 1. The number of benzene rings is 1. The van der Waals surface area contributed by atoms with E-state index in [2.05, 4.69) is 16.1 Å². The summed E-state index contributed by atoms with van der Waals surface area (Å²) in [6.07, 6.45) is 2.08. The van der Waals surface area contributed by atoms with Gasteiger partial charge in [-0.1, -0.05) is 0 Å². The summed E-state index contributed by atoms with van der Waals surface area (Å²) in [4.78, 5) is 5.70. The Kier molecular flexibility index (Phi) is 2.74. The molecule has 1 aromatic carbocycles. The van der Waals surface area contributed by atoms with Gasteiger partial charge in [0, 0.05) is 42.4 Å². The van der Waals surface area contributed by atoms with Crippen molar-refractivity contribution < 1.29 is 4.74 Å². The second-order valence-corrected chi connectivity index (χ2v) is 4.51. The zero-order valence-electron chi connectivity index (χ0n) is 9.78. The molecule has 0 aliphatic carbocycles. The lowest BCUT2D eigenvalue weighted by molar-refractivity contribution is 0.0343. The van der Waals surface area contributed by atoms with Crippen LogP contribution in [0.5, 0.6) is 0 Å². The summed E-state index contributed by atoms with van der Waals surface area (Å²) < 4.78 is 5.36. The van der Waals surface area contributed by atoms with E-state index in [1.165, 1.54) is 10.9 Å². The van der Waals surface area contributed by atoms with E-state index in [1.54, 1.807) is 0 Å². The number of ether oxygens (including phenoxy) is 1. The highest BCUT2D eigenvalue weighted by Gasteiger charge is 2.13. The predicted molar refractivity (Wildman–Crippen MR) is 68.8 cm³/mol. The first kappa shape index (κ1) is 10.6. The topological polar surface area (TPSA) is 54.3 Å². The van der Waals surface area contributed by atoms with Gasteiger partial charge in [-0.05, 0) is 23.8 Å². The van der Waals surface area contributed by atoms with Crippen LogP contribution in [0.4, 0.5) is 5.69 Å². The Labute approximate surface area is 100 Å². The minimum Gasteiger partial charge on any atom is -0.399 e. The number of hydrogen-bond donors (Lipinski definition) is 2. The second kappa shape index (κ2) is 4.39. The normalized spacial score (nSPS) is 17.6.